The lowest BCUT2D eigenvalue weighted by molar-refractivity contribution is 0.102. The number of carbonyl (C=O) groups excluding carboxylic acids is 1. The normalized spacial score (nSPS) is 10.3. The molecule has 0 spiro atoms. The predicted molar refractivity (Wildman–Crippen MR) is 111 cm³/mol. The van der Waals surface area contributed by atoms with Crippen LogP contribution in [-0.2, 0) is 6.42 Å². The molecule has 0 saturated heterocycles. The number of aromatic nitrogens is 3. The highest BCUT2D eigenvalue weighted by molar-refractivity contribution is 6.03. The van der Waals surface area contributed by atoms with Crippen LogP contribution < -0.4 is 19.7 Å². The summed E-state index contributed by atoms with van der Waals surface area (Å²) in [5.74, 6) is 1.28. The van der Waals surface area contributed by atoms with Gasteiger partial charge in [0.2, 0.25) is 5.95 Å². The number of carbonyl (C=O) groups is 1. The Morgan fingerprint density at radius 1 is 1.03 bits per heavy atom. The third-order valence-corrected chi connectivity index (χ3v) is 4.34. The van der Waals surface area contributed by atoms with Crippen molar-refractivity contribution in [3.8, 4) is 11.5 Å². The summed E-state index contributed by atoms with van der Waals surface area (Å²) in [7, 11) is 5.00. The minimum absolute atomic E-state index is 0.278. The third-order valence-electron chi connectivity index (χ3n) is 4.34. The fourth-order valence-corrected chi connectivity index (χ4v) is 2.71. The first kappa shape index (κ1) is 20.1. The zero-order valence-corrected chi connectivity index (χ0v) is 16.6. The fourth-order valence-electron chi connectivity index (χ4n) is 2.71. The lowest BCUT2D eigenvalue weighted by Gasteiger charge is -2.17. The van der Waals surface area contributed by atoms with Gasteiger partial charge in [-0.2, -0.15) is 0 Å². The summed E-state index contributed by atoms with van der Waals surface area (Å²) >= 11 is 0. The van der Waals surface area contributed by atoms with Crippen LogP contribution in [0.3, 0.4) is 0 Å². The van der Waals surface area contributed by atoms with Crippen molar-refractivity contribution in [3.63, 3.8) is 0 Å². The SMILES string of the molecule is COc1ccc(NC(=O)c2ccnc(N(C)CCc3ccncc3)n2)cc1OC. The maximum absolute atomic E-state index is 12.6. The number of benzene rings is 1. The van der Waals surface area contributed by atoms with Crippen LogP contribution in [-0.4, -0.2) is 48.7 Å². The van der Waals surface area contributed by atoms with Gasteiger partial charge in [-0.3, -0.25) is 9.78 Å². The maximum Gasteiger partial charge on any atom is 0.274 e. The van der Waals surface area contributed by atoms with Gasteiger partial charge in [0.25, 0.3) is 5.91 Å². The topological polar surface area (TPSA) is 89.5 Å². The molecule has 150 valence electrons. The summed E-state index contributed by atoms with van der Waals surface area (Å²) in [5.41, 5.74) is 2.04. The molecule has 0 aliphatic heterocycles. The van der Waals surface area contributed by atoms with Crippen molar-refractivity contribution in [2.24, 2.45) is 0 Å². The molecular weight excluding hydrogens is 370 g/mol. The number of pyridine rings is 1. The van der Waals surface area contributed by atoms with Gasteiger partial charge in [0.1, 0.15) is 5.69 Å². The van der Waals surface area contributed by atoms with Crippen LogP contribution in [0.15, 0.2) is 55.0 Å². The van der Waals surface area contributed by atoms with Gasteiger partial charge in [0, 0.05) is 43.9 Å². The number of anilines is 2. The van der Waals surface area contributed by atoms with Gasteiger partial charge in [0.05, 0.1) is 14.2 Å². The van der Waals surface area contributed by atoms with Crippen molar-refractivity contribution >= 4 is 17.5 Å². The lowest BCUT2D eigenvalue weighted by Crippen LogP contribution is -2.24. The standard InChI is InChI=1S/C21H23N5O3/c1-26(13-9-15-6-10-22-11-7-15)21-23-12-8-17(25-21)20(27)24-16-4-5-18(28-2)19(14-16)29-3/h4-8,10-12,14H,9,13H2,1-3H3,(H,24,27). The number of nitrogens with one attached hydrogen (secondary N) is 1. The van der Waals surface area contributed by atoms with Crippen LogP contribution in [0.1, 0.15) is 16.1 Å². The number of hydrogen-bond donors (Lipinski definition) is 1. The molecule has 0 fully saturated rings. The Kier molecular flexibility index (Phi) is 6.57. The molecule has 0 atom stereocenters. The van der Waals surface area contributed by atoms with Crippen molar-refractivity contribution in [3.05, 3.63) is 66.2 Å². The monoisotopic (exact) mass is 393 g/mol. The molecule has 1 N–H and O–H groups in total. The Labute approximate surface area is 169 Å². The Balaban J connectivity index is 1.67. The molecule has 8 nitrogen and oxygen atoms in total. The van der Waals surface area contributed by atoms with Crippen LogP contribution in [0, 0.1) is 0 Å². The minimum atomic E-state index is -0.330. The molecule has 1 amide bonds. The Morgan fingerprint density at radius 3 is 2.52 bits per heavy atom. The molecule has 0 saturated carbocycles. The predicted octanol–water partition coefficient (Wildman–Crippen LogP) is 2.82. The Hall–Kier alpha value is -3.68. The van der Waals surface area contributed by atoms with Crippen molar-refractivity contribution < 1.29 is 14.3 Å². The molecule has 2 heterocycles. The second kappa shape index (κ2) is 9.50. The molecular formula is C21H23N5O3. The average Bonchev–Trinajstić information content (AvgIpc) is 2.78. The van der Waals surface area contributed by atoms with E-state index in [4.69, 9.17) is 9.47 Å². The number of ether oxygens (including phenoxy) is 2. The van der Waals surface area contributed by atoms with E-state index in [0.717, 1.165) is 6.42 Å². The summed E-state index contributed by atoms with van der Waals surface area (Å²) in [6.45, 7) is 0.713. The van der Waals surface area contributed by atoms with E-state index < -0.39 is 0 Å². The van der Waals surface area contributed by atoms with Crippen LogP contribution in [0.25, 0.3) is 0 Å². The van der Waals surface area contributed by atoms with Crippen LogP contribution in [0.2, 0.25) is 0 Å². The van der Waals surface area contributed by atoms with Gasteiger partial charge in [-0.1, -0.05) is 0 Å². The fraction of sp³-hybridized carbons (Fsp3) is 0.238. The van der Waals surface area contributed by atoms with Crippen LogP contribution in [0.5, 0.6) is 11.5 Å². The summed E-state index contributed by atoms with van der Waals surface area (Å²) in [6, 6.07) is 10.7. The quantitative estimate of drug-likeness (QED) is 0.629. The zero-order chi connectivity index (χ0) is 20.6. The van der Waals surface area contributed by atoms with Crippen LogP contribution >= 0.6 is 0 Å². The van der Waals surface area contributed by atoms with E-state index in [9.17, 15) is 4.79 Å². The third kappa shape index (κ3) is 5.19. The molecule has 0 aliphatic rings. The molecule has 0 aliphatic carbocycles. The van der Waals surface area contributed by atoms with Gasteiger partial charge in [0.15, 0.2) is 11.5 Å². The van der Waals surface area contributed by atoms with E-state index in [2.05, 4.69) is 20.3 Å². The Bertz CT molecular complexity index is 966. The van der Waals surface area contributed by atoms with Gasteiger partial charge in [-0.15, -0.1) is 0 Å². The van der Waals surface area contributed by atoms with E-state index in [1.54, 1.807) is 57.1 Å². The highest BCUT2D eigenvalue weighted by Gasteiger charge is 2.13. The van der Waals surface area contributed by atoms with Crippen molar-refractivity contribution in [2.45, 2.75) is 6.42 Å². The smallest absolute Gasteiger partial charge is 0.274 e. The zero-order valence-electron chi connectivity index (χ0n) is 16.6. The molecule has 0 unspecified atom stereocenters. The molecule has 2 aromatic heterocycles. The highest BCUT2D eigenvalue weighted by atomic mass is 16.5. The van der Waals surface area contributed by atoms with Crippen molar-refractivity contribution in [1.29, 1.82) is 0 Å². The molecule has 0 radical (unpaired) electrons. The second-order valence-corrected chi connectivity index (χ2v) is 6.29. The maximum atomic E-state index is 12.6. The molecule has 29 heavy (non-hydrogen) atoms. The molecule has 8 heteroatoms. The average molecular weight is 393 g/mol. The molecule has 0 bridgehead atoms. The number of amides is 1. The summed E-state index contributed by atoms with van der Waals surface area (Å²) in [5, 5.41) is 2.82. The summed E-state index contributed by atoms with van der Waals surface area (Å²) < 4.78 is 10.5. The summed E-state index contributed by atoms with van der Waals surface area (Å²) in [4.78, 5) is 27.2. The van der Waals surface area contributed by atoms with Gasteiger partial charge in [-0.05, 0) is 42.3 Å². The van der Waals surface area contributed by atoms with Crippen LogP contribution in [0.4, 0.5) is 11.6 Å². The molecule has 3 aromatic rings. The lowest BCUT2D eigenvalue weighted by atomic mass is 10.2. The number of nitrogens with zero attached hydrogens (tertiary/aromatic N) is 4. The first-order valence-electron chi connectivity index (χ1n) is 9.07. The van der Waals surface area contributed by atoms with E-state index >= 15 is 0 Å². The minimum Gasteiger partial charge on any atom is -0.493 e. The summed E-state index contributed by atoms with van der Waals surface area (Å²) in [6.07, 6.45) is 5.94. The van der Waals surface area contributed by atoms with Gasteiger partial charge < -0.3 is 19.7 Å². The number of likely N-dealkylation sites (N-methyl/N-ethyl adjacent to an activating group) is 1. The van der Waals surface area contributed by atoms with Crippen molar-refractivity contribution in [2.75, 3.05) is 38.0 Å². The molecule has 3 rings (SSSR count). The number of hydrogen-bond acceptors (Lipinski definition) is 7. The van der Waals surface area contributed by atoms with Gasteiger partial charge in [-0.25, -0.2) is 9.97 Å². The van der Waals surface area contributed by atoms with Crippen molar-refractivity contribution in [1.82, 2.24) is 15.0 Å². The van der Waals surface area contributed by atoms with E-state index in [0.29, 0.717) is 29.7 Å². The van der Waals surface area contributed by atoms with Gasteiger partial charge >= 0.3 is 0 Å². The first-order valence-corrected chi connectivity index (χ1v) is 9.07. The van der Waals surface area contributed by atoms with E-state index in [-0.39, 0.29) is 11.6 Å². The van der Waals surface area contributed by atoms with E-state index in [1.165, 1.54) is 5.56 Å². The Morgan fingerprint density at radius 2 is 1.79 bits per heavy atom. The molecule has 1 aromatic carbocycles. The first-order chi connectivity index (χ1) is 14.1. The largest absolute Gasteiger partial charge is 0.493 e. The van der Waals surface area contributed by atoms with E-state index in [1.807, 2.05) is 24.1 Å². The second-order valence-electron chi connectivity index (χ2n) is 6.29. The number of rotatable bonds is 8. The highest BCUT2D eigenvalue weighted by Crippen LogP contribution is 2.29. The number of methoxy groups -OCH3 is 2.